The Labute approximate surface area is 292 Å². The molecule has 0 aromatic heterocycles. The Hall–Kier alpha value is -3.05. The van der Waals surface area contributed by atoms with Crippen LogP contribution in [-0.4, -0.2) is 15.4 Å². The van der Waals surface area contributed by atoms with Crippen LogP contribution in [0.2, 0.25) is 0 Å². The maximum Gasteiger partial charge on any atom is 4.00 e. The molecule has 1 amide bonds. The fourth-order valence-electron chi connectivity index (χ4n) is 4.93. The van der Waals surface area contributed by atoms with E-state index in [1.165, 1.54) is 31.9 Å². The number of carbonyl (C=O) groups is 1. The topological polar surface area (TPSA) is 40.9 Å². The number of amides is 1. The van der Waals surface area contributed by atoms with Crippen LogP contribution in [0.3, 0.4) is 0 Å². The van der Waals surface area contributed by atoms with Gasteiger partial charge in [0.1, 0.15) is 9.52 Å². The van der Waals surface area contributed by atoms with Crippen molar-refractivity contribution in [1.82, 2.24) is 0 Å². The van der Waals surface area contributed by atoms with E-state index in [-0.39, 0.29) is 58.4 Å². The summed E-state index contributed by atoms with van der Waals surface area (Å²) in [6, 6.07) is 46.3. The third-order valence-electron chi connectivity index (χ3n) is 6.96. The summed E-state index contributed by atoms with van der Waals surface area (Å²) in [5.41, 5.74) is 9.92. The summed E-state index contributed by atoms with van der Waals surface area (Å²) >= 11 is 0. The van der Waals surface area contributed by atoms with Gasteiger partial charge in [0, 0.05) is 5.56 Å². The number of halogens is 2. The van der Waals surface area contributed by atoms with Crippen LogP contribution in [-0.2, 0) is 21.7 Å². The van der Waals surface area contributed by atoms with E-state index >= 15 is 0 Å². The van der Waals surface area contributed by atoms with Crippen molar-refractivity contribution in [3.05, 3.63) is 156 Å². The zero-order chi connectivity index (χ0) is 29.2. The van der Waals surface area contributed by atoms with E-state index in [1.807, 2.05) is 45.9 Å². The Morgan fingerprint density at radius 1 is 0.568 bits per heavy atom. The first-order valence-electron chi connectivity index (χ1n) is 14.1. The Kier molecular flexibility index (Phi) is 17.2. The van der Waals surface area contributed by atoms with Gasteiger partial charge in [-0.15, -0.1) is 39.7 Å². The number of fused-ring (bicyclic) bond motifs is 3. The van der Waals surface area contributed by atoms with E-state index in [0.717, 1.165) is 20.6 Å². The Bertz CT molecular complexity index is 1590. The fraction of sp³-hybridized carbons (Fsp3) is 0.158. The van der Waals surface area contributed by atoms with Crippen molar-refractivity contribution in [2.45, 2.75) is 39.5 Å². The molecule has 6 aromatic rings. The van der Waals surface area contributed by atoms with Crippen molar-refractivity contribution >= 4 is 47.3 Å². The molecule has 6 aromatic carbocycles. The molecule has 2 radical (unpaired) electrons. The van der Waals surface area contributed by atoms with E-state index < -0.39 is 5.91 Å². The molecule has 44 heavy (non-hydrogen) atoms. The van der Waals surface area contributed by atoms with Crippen LogP contribution in [0.5, 0.6) is 0 Å². The molecule has 0 saturated heterocycles. The van der Waals surface area contributed by atoms with Crippen molar-refractivity contribution in [2.75, 3.05) is 0 Å². The third-order valence-corrected chi connectivity index (χ3v) is 8.20. The summed E-state index contributed by atoms with van der Waals surface area (Å²) in [6.07, 6.45) is 0. The van der Waals surface area contributed by atoms with E-state index in [9.17, 15) is 4.79 Å². The van der Waals surface area contributed by atoms with Gasteiger partial charge in [-0.3, -0.25) is 0 Å². The smallest absolute Gasteiger partial charge is 1.00 e. The van der Waals surface area contributed by atoms with E-state index in [2.05, 4.69) is 115 Å². The van der Waals surface area contributed by atoms with Gasteiger partial charge in [-0.25, -0.2) is 0 Å². The first kappa shape index (κ1) is 39.0. The second-order valence-corrected chi connectivity index (χ2v) is 12.0. The van der Waals surface area contributed by atoms with Gasteiger partial charge in [0.15, 0.2) is 0 Å². The minimum absolute atomic E-state index is 0. The van der Waals surface area contributed by atoms with Gasteiger partial charge in [-0.2, -0.15) is 0 Å². The minimum atomic E-state index is -0.567. The molecule has 0 spiro atoms. The van der Waals surface area contributed by atoms with Gasteiger partial charge in [-0.05, 0) is 23.0 Å². The van der Waals surface area contributed by atoms with E-state index in [4.69, 9.17) is 5.73 Å². The number of benzene rings is 5. The molecule has 222 valence electrons. The first-order valence-corrected chi connectivity index (χ1v) is 15.1. The number of hydrogen-bond donors (Lipinski definition) is 0. The number of hydrogen-bond acceptors (Lipinski definition) is 1. The predicted octanol–water partition coefficient (Wildman–Crippen LogP) is 3.18. The monoisotopic (exact) mass is 669 g/mol. The zero-order valence-corrected chi connectivity index (χ0v) is 29.6. The predicted molar refractivity (Wildman–Crippen MR) is 178 cm³/mol. The van der Waals surface area contributed by atoms with E-state index in [1.54, 1.807) is 0 Å². The molecule has 0 fully saturated rings. The molecule has 0 aliphatic rings. The van der Waals surface area contributed by atoms with Crippen LogP contribution >= 0.6 is 0 Å². The molecule has 6 heteroatoms. The van der Waals surface area contributed by atoms with Gasteiger partial charge in [0.25, 0.3) is 0 Å². The molecule has 1 N–H and O–H groups in total. The number of nitrogens with one attached hydrogen (secondary N) is 1. The van der Waals surface area contributed by atoms with Gasteiger partial charge in [-0.1, -0.05) is 153 Å². The van der Waals surface area contributed by atoms with Crippen molar-refractivity contribution in [2.24, 2.45) is 0 Å². The second kappa shape index (κ2) is 19.4. The standard InChI is InChI=1S/C13H19NO.C13H9.C12H10Si.2ClH.Ti/c1-8(2)10-6-5-7-11(9(3)4)12(10)13(14)15;1-3-7-12-10(5-1)9-11-6-2-4-8-13(11)12;1-3-7-11(8-4-1)13-12-9-5-2-6-10-12;;;/h5-9H,1-4H3,(H2,14,15);1-9H;1-10H;2*1H;/q;-1;;;;+4/p-3. The molecular weight excluding hydrogens is 633 g/mol. The van der Waals surface area contributed by atoms with Crippen molar-refractivity contribution in [1.29, 1.82) is 0 Å². The van der Waals surface area contributed by atoms with Crippen LogP contribution < -0.4 is 35.2 Å². The van der Waals surface area contributed by atoms with Crippen molar-refractivity contribution in [3.8, 4) is 0 Å². The molecule has 0 aliphatic carbocycles. The molecule has 0 unspecified atom stereocenters. The largest absolute Gasteiger partial charge is 4.00 e. The summed E-state index contributed by atoms with van der Waals surface area (Å²) in [5, 5.41) is 8.19. The maximum absolute atomic E-state index is 11.4. The summed E-state index contributed by atoms with van der Waals surface area (Å²) in [4.78, 5) is 11.4. The van der Waals surface area contributed by atoms with E-state index in [0.29, 0.717) is 5.56 Å². The van der Waals surface area contributed by atoms with Crippen LogP contribution in [0.15, 0.2) is 133 Å². The summed E-state index contributed by atoms with van der Waals surface area (Å²) in [5.74, 6) is 0.00370. The zero-order valence-electron chi connectivity index (χ0n) is 25.5. The summed E-state index contributed by atoms with van der Waals surface area (Å²) in [6.45, 7) is 8.19. The van der Waals surface area contributed by atoms with Crippen LogP contribution in [0.4, 0.5) is 0 Å². The number of carbonyl (C=O) groups excluding carboxylic acids is 1. The molecular formula is C38H37Cl2NOSiTi. The summed E-state index contributed by atoms with van der Waals surface area (Å²) < 4.78 is 0. The average molecular weight is 671 g/mol. The Morgan fingerprint density at radius 3 is 1.30 bits per heavy atom. The first-order chi connectivity index (χ1) is 19.8. The SMILES string of the molecule is CC(C)c1cccc(C(C)C)c1C([NH-])=O.[Cl-].[Cl-].[Ti+4].c1ccc([Si]c2ccccc2)cc1.c1ccc2c(c1)[cH-]c1ccccc12. The molecule has 0 saturated carbocycles. The van der Waals surface area contributed by atoms with Gasteiger partial charge < -0.3 is 35.3 Å². The molecule has 0 aliphatic heterocycles. The van der Waals surface area contributed by atoms with Gasteiger partial charge in [0.2, 0.25) is 0 Å². The molecule has 0 heterocycles. The normalized spacial score (nSPS) is 9.95. The molecule has 6 rings (SSSR count). The maximum atomic E-state index is 11.4. The Balaban J connectivity index is 0.000000320. The van der Waals surface area contributed by atoms with Crippen molar-refractivity contribution in [3.63, 3.8) is 0 Å². The van der Waals surface area contributed by atoms with Crippen LogP contribution in [0.25, 0.3) is 27.3 Å². The number of rotatable bonds is 5. The average Bonchev–Trinajstić information content (AvgIpc) is 3.37. The second-order valence-electron chi connectivity index (χ2n) is 10.6. The van der Waals surface area contributed by atoms with Crippen LogP contribution in [0, 0.1) is 0 Å². The van der Waals surface area contributed by atoms with Gasteiger partial charge >= 0.3 is 21.7 Å². The fourth-order valence-corrected chi connectivity index (χ4v) is 5.98. The van der Waals surface area contributed by atoms with Gasteiger partial charge in [0.05, 0.1) is 5.91 Å². The third kappa shape index (κ3) is 10.5. The molecule has 0 bridgehead atoms. The summed E-state index contributed by atoms with van der Waals surface area (Å²) in [7, 11) is 0.777. The molecule has 2 nitrogen and oxygen atoms in total. The van der Waals surface area contributed by atoms with Crippen LogP contribution in [0.1, 0.15) is 61.0 Å². The quantitative estimate of drug-likeness (QED) is 0.206. The Morgan fingerprint density at radius 2 is 0.932 bits per heavy atom. The minimum Gasteiger partial charge on any atom is -1.00 e. The molecule has 0 atom stereocenters. The van der Waals surface area contributed by atoms with Crippen molar-refractivity contribution < 1.29 is 51.3 Å².